The Hall–Kier alpha value is -2.95. The van der Waals surface area contributed by atoms with Gasteiger partial charge in [-0.25, -0.2) is 4.79 Å². The molecule has 1 aliphatic rings. The number of carbonyl (C=O) groups excluding carboxylic acids is 2. The maximum absolute atomic E-state index is 12.3. The third-order valence-corrected chi connectivity index (χ3v) is 4.48. The van der Waals surface area contributed by atoms with Crippen LogP contribution >= 0.6 is 0 Å². The minimum atomic E-state index is -0.511. The number of hydrogen-bond acceptors (Lipinski definition) is 4. The molecule has 1 aromatic carbocycles. The van der Waals surface area contributed by atoms with Gasteiger partial charge in [-0.3, -0.25) is 9.78 Å². The number of benzene rings is 1. The third-order valence-electron chi connectivity index (χ3n) is 4.48. The largest absolute Gasteiger partial charge is 0.444 e. The molecule has 0 saturated heterocycles. The topological polar surface area (TPSA) is 59.5 Å². The normalized spacial score (nSPS) is 14.0. The van der Waals surface area contributed by atoms with Crippen LogP contribution < -0.4 is 0 Å². The molecule has 5 heteroatoms. The summed E-state index contributed by atoms with van der Waals surface area (Å²) in [6.45, 7) is 10.2. The van der Waals surface area contributed by atoms with E-state index >= 15 is 0 Å². The molecule has 0 spiro atoms. The number of pyridine rings is 1. The van der Waals surface area contributed by atoms with Crippen molar-refractivity contribution in [2.24, 2.45) is 0 Å². The van der Waals surface area contributed by atoms with Crippen molar-refractivity contribution in [3.05, 3.63) is 59.3 Å². The van der Waals surface area contributed by atoms with Gasteiger partial charge < -0.3 is 9.64 Å². The molecule has 0 fully saturated rings. The number of hydrogen-bond donors (Lipinski definition) is 0. The highest BCUT2D eigenvalue weighted by atomic mass is 16.6. The SMILES string of the molecule is CC(=O)c1cc(C)cc(-c2cc(C3=CCN(C(=O)OC(C)(C)C)C3)ccn2)c1. The summed E-state index contributed by atoms with van der Waals surface area (Å²) in [5.74, 6) is 0.0348. The molecule has 0 atom stereocenters. The van der Waals surface area contributed by atoms with Crippen molar-refractivity contribution in [1.29, 1.82) is 0 Å². The highest BCUT2D eigenvalue weighted by molar-refractivity contribution is 5.95. The first-order chi connectivity index (χ1) is 13.1. The van der Waals surface area contributed by atoms with Crippen LogP contribution in [0.4, 0.5) is 4.79 Å². The Labute approximate surface area is 166 Å². The second-order valence-electron chi connectivity index (χ2n) is 8.16. The van der Waals surface area contributed by atoms with E-state index in [1.54, 1.807) is 18.0 Å². The number of aryl methyl sites for hydroxylation is 1. The number of amides is 1. The molecule has 146 valence electrons. The zero-order valence-electron chi connectivity index (χ0n) is 17.1. The molecule has 28 heavy (non-hydrogen) atoms. The number of Topliss-reactive ketones (excluding diaryl/α,β-unsaturated/α-hetero) is 1. The summed E-state index contributed by atoms with van der Waals surface area (Å²) in [4.78, 5) is 30.2. The number of nitrogens with zero attached hydrogens (tertiary/aromatic N) is 2. The Kier molecular flexibility index (Phi) is 5.36. The van der Waals surface area contributed by atoms with Crippen LogP contribution in [0.5, 0.6) is 0 Å². The highest BCUT2D eigenvalue weighted by Gasteiger charge is 2.25. The van der Waals surface area contributed by atoms with E-state index in [4.69, 9.17) is 4.74 Å². The predicted octanol–water partition coefficient (Wildman–Crippen LogP) is 4.89. The van der Waals surface area contributed by atoms with Crippen molar-refractivity contribution in [1.82, 2.24) is 9.88 Å². The van der Waals surface area contributed by atoms with E-state index in [0.717, 1.165) is 28.0 Å². The fourth-order valence-corrected chi connectivity index (χ4v) is 3.15. The van der Waals surface area contributed by atoms with Gasteiger partial charge >= 0.3 is 6.09 Å². The fourth-order valence-electron chi connectivity index (χ4n) is 3.15. The number of carbonyl (C=O) groups is 2. The van der Waals surface area contributed by atoms with E-state index in [0.29, 0.717) is 18.7 Å². The van der Waals surface area contributed by atoms with Crippen LogP contribution in [0.1, 0.15) is 49.2 Å². The number of ketones is 1. The average molecular weight is 378 g/mol. The van der Waals surface area contributed by atoms with Crippen LogP contribution in [-0.2, 0) is 4.74 Å². The van der Waals surface area contributed by atoms with Crippen LogP contribution in [-0.4, -0.2) is 40.5 Å². The lowest BCUT2D eigenvalue weighted by Crippen LogP contribution is -2.35. The molecule has 2 aromatic rings. The van der Waals surface area contributed by atoms with Gasteiger partial charge in [-0.1, -0.05) is 6.08 Å². The van der Waals surface area contributed by atoms with Crippen molar-refractivity contribution in [3.8, 4) is 11.3 Å². The van der Waals surface area contributed by atoms with Gasteiger partial charge in [-0.05, 0) is 81.7 Å². The molecule has 0 aliphatic carbocycles. The first kappa shape index (κ1) is 19.8. The molecule has 0 unspecified atom stereocenters. The van der Waals surface area contributed by atoms with E-state index in [1.165, 1.54) is 0 Å². The smallest absolute Gasteiger partial charge is 0.410 e. The molecule has 1 aliphatic heterocycles. The maximum atomic E-state index is 12.3. The number of rotatable bonds is 3. The molecule has 0 saturated carbocycles. The fraction of sp³-hybridized carbons (Fsp3) is 0.348. The van der Waals surface area contributed by atoms with E-state index in [-0.39, 0.29) is 11.9 Å². The molecule has 0 N–H and O–H groups in total. The summed E-state index contributed by atoms with van der Waals surface area (Å²) in [5, 5.41) is 0. The van der Waals surface area contributed by atoms with E-state index < -0.39 is 5.60 Å². The van der Waals surface area contributed by atoms with E-state index in [1.807, 2.05) is 64.1 Å². The van der Waals surface area contributed by atoms with Crippen molar-refractivity contribution in [3.63, 3.8) is 0 Å². The molecule has 1 amide bonds. The third kappa shape index (κ3) is 4.66. The monoisotopic (exact) mass is 378 g/mol. The average Bonchev–Trinajstić information content (AvgIpc) is 3.10. The first-order valence-electron chi connectivity index (χ1n) is 9.39. The number of aromatic nitrogens is 1. The molecular weight excluding hydrogens is 352 g/mol. The highest BCUT2D eigenvalue weighted by Crippen LogP contribution is 2.27. The van der Waals surface area contributed by atoms with E-state index in [9.17, 15) is 9.59 Å². The summed E-state index contributed by atoms with van der Waals surface area (Å²) < 4.78 is 5.46. The summed E-state index contributed by atoms with van der Waals surface area (Å²) in [6.07, 6.45) is 3.50. The Bertz CT molecular complexity index is 955. The van der Waals surface area contributed by atoms with Crippen molar-refractivity contribution < 1.29 is 14.3 Å². The molecule has 3 rings (SSSR count). The second-order valence-corrected chi connectivity index (χ2v) is 8.16. The second kappa shape index (κ2) is 7.58. The van der Waals surface area contributed by atoms with Crippen LogP contribution in [0.2, 0.25) is 0 Å². The van der Waals surface area contributed by atoms with Crippen molar-refractivity contribution in [2.45, 2.75) is 40.2 Å². The zero-order chi connectivity index (χ0) is 20.5. The van der Waals surface area contributed by atoms with Crippen LogP contribution in [0.15, 0.2) is 42.6 Å². The van der Waals surface area contributed by atoms with Gasteiger partial charge in [-0.2, -0.15) is 0 Å². The summed E-state index contributed by atoms with van der Waals surface area (Å²) >= 11 is 0. The van der Waals surface area contributed by atoms with Gasteiger partial charge in [0.05, 0.1) is 5.69 Å². The van der Waals surface area contributed by atoms with Gasteiger partial charge in [-0.15, -0.1) is 0 Å². The molecule has 1 aromatic heterocycles. The molecule has 0 bridgehead atoms. The van der Waals surface area contributed by atoms with Gasteiger partial charge in [0.25, 0.3) is 0 Å². The lowest BCUT2D eigenvalue weighted by atomic mass is 9.99. The van der Waals surface area contributed by atoms with Crippen molar-refractivity contribution >= 4 is 17.4 Å². The Morgan fingerprint density at radius 2 is 1.86 bits per heavy atom. The van der Waals surface area contributed by atoms with Crippen LogP contribution in [0, 0.1) is 6.92 Å². The molecule has 5 nitrogen and oxygen atoms in total. The molecule has 2 heterocycles. The van der Waals surface area contributed by atoms with Gasteiger partial charge in [0.1, 0.15) is 5.60 Å². The van der Waals surface area contributed by atoms with Crippen LogP contribution in [0.3, 0.4) is 0 Å². The quantitative estimate of drug-likeness (QED) is 0.713. The standard InChI is InChI=1S/C23H26N2O3/c1-15-10-19(16(2)26)12-20(11-15)21-13-17(6-8-24-21)18-7-9-25(14-18)22(27)28-23(3,4)5/h6-8,10-13H,9,14H2,1-5H3. The summed E-state index contributed by atoms with van der Waals surface area (Å²) in [6, 6.07) is 9.72. The van der Waals surface area contributed by atoms with Gasteiger partial charge in [0, 0.05) is 30.4 Å². The molecular formula is C23H26N2O3. The van der Waals surface area contributed by atoms with E-state index in [2.05, 4.69) is 4.98 Å². The van der Waals surface area contributed by atoms with Gasteiger partial charge in [0.2, 0.25) is 0 Å². The predicted molar refractivity (Wildman–Crippen MR) is 110 cm³/mol. The molecule has 0 radical (unpaired) electrons. The first-order valence-corrected chi connectivity index (χ1v) is 9.39. The van der Waals surface area contributed by atoms with Gasteiger partial charge in [0.15, 0.2) is 5.78 Å². The lowest BCUT2D eigenvalue weighted by molar-refractivity contribution is 0.0306. The van der Waals surface area contributed by atoms with Crippen molar-refractivity contribution in [2.75, 3.05) is 13.1 Å². The Balaban J connectivity index is 1.82. The maximum Gasteiger partial charge on any atom is 0.410 e. The Morgan fingerprint density at radius 3 is 2.54 bits per heavy atom. The summed E-state index contributed by atoms with van der Waals surface area (Å²) in [7, 11) is 0. The van der Waals surface area contributed by atoms with Crippen LogP contribution in [0.25, 0.3) is 16.8 Å². The zero-order valence-corrected chi connectivity index (χ0v) is 17.1. The summed E-state index contributed by atoms with van der Waals surface area (Å²) in [5.41, 5.74) is 4.99. The minimum Gasteiger partial charge on any atom is -0.444 e. The Morgan fingerprint density at radius 1 is 1.11 bits per heavy atom. The number of ether oxygens (including phenoxy) is 1. The lowest BCUT2D eigenvalue weighted by Gasteiger charge is -2.24. The minimum absolute atomic E-state index is 0.0348.